The van der Waals surface area contributed by atoms with Gasteiger partial charge in [0, 0.05) is 12.6 Å². The molecule has 15 heavy (non-hydrogen) atoms. The van der Waals surface area contributed by atoms with E-state index in [0.717, 1.165) is 32.2 Å². The van der Waals surface area contributed by atoms with Gasteiger partial charge in [0.25, 0.3) is 0 Å². The number of aliphatic hydroxyl groups is 1. The first-order valence-electron chi connectivity index (χ1n) is 5.87. The number of carbonyl (C=O) groups excluding carboxylic acids is 1. The highest BCUT2D eigenvalue weighted by Gasteiger charge is 2.27. The van der Waals surface area contributed by atoms with E-state index >= 15 is 0 Å². The first kappa shape index (κ1) is 12.5. The van der Waals surface area contributed by atoms with Gasteiger partial charge in [-0.1, -0.05) is 6.92 Å². The van der Waals surface area contributed by atoms with Crippen molar-refractivity contribution in [3.8, 4) is 0 Å². The highest BCUT2D eigenvalue weighted by atomic mass is 16.3. The van der Waals surface area contributed by atoms with Gasteiger partial charge in [-0.3, -0.25) is 4.79 Å². The van der Waals surface area contributed by atoms with Crippen LogP contribution in [0.2, 0.25) is 0 Å². The molecular formula is C11H22N2O2. The predicted molar refractivity (Wildman–Crippen MR) is 59.5 cm³/mol. The minimum absolute atomic E-state index is 0.0240. The number of hydrogen-bond donors (Lipinski definition) is 3. The lowest BCUT2D eigenvalue weighted by Gasteiger charge is -2.21. The van der Waals surface area contributed by atoms with Gasteiger partial charge in [0.15, 0.2) is 0 Å². The number of rotatable bonds is 5. The molecule has 1 rings (SSSR count). The molecule has 1 fully saturated rings. The summed E-state index contributed by atoms with van der Waals surface area (Å²) in [5.41, 5.74) is 0. The molecule has 4 heteroatoms. The SMILES string of the molecule is CCCNC(=O)C(C)NC1CCCC1O. The minimum Gasteiger partial charge on any atom is -0.392 e. The van der Waals surface area contributed by atoms with Crippen LogP contribution in [-0.4, -0.2) is 35.7 Å². The second-order valence-corrected chi connectivity index (χ2v) is 4.28. The van der Waals surface area contributed by atoms with Crippen molar-refractivity contribution < 1.29 is 9.90 Å². The van der Waals surface area contributed by atoms with E-state index in [-0.39, 0.29) is 24.1 Å². The zero-order valence-electron chi connectivity index (χ0n) is 9.62. The molecule has 0 aromatic rings. The molecule has 1 saturated carbocycles. The van der Waals surface area contributed by atoms with E-state index < -0.39 is 0 Å². The van der Waals surface area contributed by atoms with Crippen molar-refractivity contribution in [3.05, 3.63) is 0 Å². The Morgan fingerprint density at radius 3 is 2.80 bits per heavy atom. The number of carbonyl (C=O) groups is 1. The van der Waals surface area contributed by atoms with E-state index in [2.05, 4.69) is 10.6 Å². The first-order valence-corrected chi connectivity index (χ1v) is 5.87. The van der Waals surface area contributed by atoms with Gasteiger partial charge in [-0.25, -0.2) is 0 Å². The summed E-state index contributed by atoms with van der Waals surface area (Å²) >= 11 is 0. The summed E-state index contributed by atoms with van der Waals surface area (Å²) in [6.07, 6.45) is 3.52. The van der Waals surface area contributed by atoms with Crippen molar-refractivity contribution >= 4 is 5.91 Å². The molecule has 0 aromatic heterocycles. The lowest BCUT2D eigenvalue weighted by molar-refractivity contribution is -0.123. The first-order chi connectivity index (χ1) is 7.15. The summed E-state index contributed by atoms with van der Waals surface area (Å²) in [5, 5.41) is 15.6. The van der Waals surface area contributed by atoms with Crippen molar-refractivity contribution in [2.24, 2.45) is 0 Å². The monoisotopic (exact) mass is 214 g/mol. The Balaban J connectivity index is 2.27. The van der Waals surface area contributed by atoms with Gasteiger partial charge in [-0.15, -0.1) is 0 Å². The van der Waals surface area contributed by atoms with E-state index in [1.54, 1.807) is 0 Å². The van der Waals surface area contributed by atoms with Crippen molar-refractivity contribution in [3.63, 3.8) is 0 Å². The molecule has 0 aromatic carbocycles. The Labute approximate surface area is 91.4 Å². The third-order valence-corrected chi connectivity index (χ3v) is 2.89. The summed E-state index contributed by atoms with van der Waals surface area (Å²) in [4.78, 5) is 11.5. The van der Waals surface area contributed by atoms with E-state index in [0.29, 0.717) is 0 Å². The zero-order chi connectivity index (χ0) is 11.3. The van der Waals surface area contributed by atoms with Crippen molar-refractivity contribution in [2.45, 2.75) is 57.7 Å². The molecule has 0 saturated heterocycles. The fraction of sp³-hybridized carbons (Fsp3) is 0.909. The van der Waals surface area contributed by atoms with Crippen LogP contribution in [0, 0.1) is 0 Å². The van der Waals surface area contributed by atoms with E-state index in [1.165, 1.54) is 0 Å². The predicted octanol–water partition coefficient (Wildman–Crippen LogP) is 0.404. The molecule has 0 spiro atoms. The summed E-state index contributed by atoms with van der Waals surface area (Å²) in [6.45, 7) is 4.59. The van der Waals surface area contributed by atoms with Crippen LogP contribution in [0.3, 0.4) is 0 Å². The molecular weight excluding hydrogens is 192 g/mol. The van der Waals surface area contributed by atoms with Crippen LogP contribution in [-0.2, 0) is 4.79 Å². The average molecular weight is 214 g/mol. The van der Waals surface area contributed by atoms with Gasteiger partial charge in [0.1, 0.15) is 0 Å². The molecule has 1 aliphatic rings. The summed E-state index contributed by atoms with van der Waals surface area (Å²) in [6, 6.07) is -0.123. The van der Waals surface area contributed by atoms with E-state index in [9.17, 15) is 9.90 Å². The number of nitrogens with one attached hydrogen (secondary N) is 2. The molecule has 0 heterocycles. The van der Waals surface area contributed by atoms with Gasteiger partial charge >= 0.3 is 0 Å². The van der Waals surface area contributed by atoms with Crippen LogP contribution in [0.1, 0.15) is 39.5 Å². The standard InChI is InChI=1S/C11H22N2O2/c1-3-7-12-11(15)8(2)13-9-5-4-6-10(9)14/h8-10,13-14H,3-7H2,1-2H3,(H,12,15). The number of hydrogen-bond acceptors (Lipinski definition) is 3. The van der Waals surface area contributed by atoms with Crippen LogP contribution in [0.15, 0.2) is 0 Å². The molecule has 4 nitrogen and oxygen atoms in total. The smallest absolute Gasteiger partial charge is 0.236 e. The largest absolute Gasteiger partial charge is 0.392 e. The molecule has 0 aliphatic heterocycles. The minimum atomic E-state index is -0.286. The zero-order valence-corrected chi connectivity index (χ0v) is 9.62. The highest BCUT2D eigenvalue weighted by molar-refractivity contribution is 5.81. The molecule has 0 radical (unpaired) electrons. The fourth-order valence-electron chi connectivity index (χ4n) is 1.93. The van der Waals surface area contributed by atoms with Gasteiger partial charge < -0.3 is 15.7 Å². The molecule has 0 bridgehead atoms. The van der Waals surface area contributed by atoms with Crippen molar-refractivity contribution in [1.29, 1.82) is 0 Å². The lowest BCUT2D eigenvalue weighted by atomic mass is 10.2. The Bertz CT molecular complexity index is 209. The van der Waals surface area contributed by atoms with E-state index in [1.807, 2.05) is 13.8 Å². The number of amides is 1. The molecule has 3 N–H and O–H groups in total. The summed E-state index contributed by atoms with van der Waals surface area (Å²) < 4.78 is 0. The summed E-state index contributed by atoms with van der Waals surface area (Å²) in [7, 11) is 0. The third-order valence-electron chi connectivity index (χ3n) is 2.89. The molecule has 88 valence electrons. The van der Waals surface area contributed by atoms with Gasteiger partial charge in [0.2, 0.25) is 5.91 Å². The number of aliphatic hydroxyl groups excluding tert-OH is 1. The molecule has 1 aliphatic carbocycles. The van der Waals surface area contributed by atoms with Gasteiger partial charge in [-0.05, 0) is 32.6 Å². The quantitative estimate of drug-likeness (QED) is 0.621. The maximum atomic E-state index is 11.5. The Hall–Kier alpha value is -0.610. The summed E-state index contributed by atoms with van der Waals surface area (Å²) in [5.74, 6) is 0.0240. The maximum absolute atomic E-state index is 11.5. The Morgan fingerprint density at radius 2 is 2.27 bits per heavy atom. The lowest BCUT2D eigenvalue weighted by Crippen LogP contribution is -2.49. The van der Waals surface area contributed by atoms with Crippen LogP contribution < -0.4 is 10.6 Å². The third kappa shape index (κ3) is 3.80. The Morgan fingerprint density at radius 1 is 1.53 bits per heavy atom. The molecule has 1 amide bonds. The second-order valence-electron chi connectivity index (χ2n) is 4.28. The molecule has 3 atom stereocenters. The normalized spacial score (nSPS) is 27.7. The van der Waals surface area contributed by atoms with Crippen molar-refractivity contribution in [1.82, 2.24) is 10.6 Å². The van der Waals surface area contributed by atoms with E-state index in [4.69, 9.17) is 0 Å². The second kappa shape index (κ2) is 6.08. The van der Waals surface area contributed by atoms with Crippen molar-refractivity contribution in [2.75, 3.05) is 6.54 Å². The van der Waals surface area contributed by atoms with Crippen LogP contribution in [0.4, 0.5) is 0 Å². The topological polar surface area (TPSA) is 61.4 Å². The van der Waals surface area contributed by atoms with Crippen LogP contribution >= 0.6 is 0 Å². The van der Waals surface area contributed by atoms with Crippen LogP contribution in [0.5, 0.6) is 0 Å². The van der Waals surface area contributed by atoms with Crippen LogP contribution in [0.25, 0.3) is 0 Å². The fourth-order valence-corrected chi connectivity index (χ4v) is 1.93. The average Bonchev–Trinajstić information content (AvgIpc) is 2.61. The van der Waals surface area contributed by atoms with Gasteiger partial charge in [0.05, 0.1) is 12.1 Å². The molecule has 3 unspecified atom stereocenters. The highest BCUT2D eigenvalue weighted by Crippen LogP contribution is 2.19. The van der Waals surface area contributed by atoms with Gasteiger partial charge in [-0.2, -0.15) is 0 Å². The maximum Gasteiger partial charge on any atom is 0.236 e. The Kier molecular flexibility index (Phi) is 5.05.